The topological polar surface area (TPSA) is 52.6 Å². The maximum absolute atomic E-state index is 11.7. The van der Waals surface area contributed by atoms with Gasteiger partial charge < -0.3 is 9.47 Å². The average Bonchev–Trinajstić information content (AvgIpc) is 3.03. The number of fused-ring (bicyclic) bond motifs is 1. The number of carbonyl (C=O) groups excluding carboxylic acids is 2. The Morgan fingerprint density at radius 3 is 2.32 bits per heavy atom. The highest BCUT2D eigenvalue weighted by molar-refractivity contribution is 5.88. The molecule has 2 saturated carbocycles. The van der Waals surface area contributed by atoms with Gasteiger partial charge in [-0.1, -0.05) is 13.2 Å². The van der Waals surface area contributed by atoms with Gasteiger partial charge in [-0.15, -0.1) is 0 Å². The average molecular weight is 264 g/mol. The van der Waals surface area contributed by atoms with Crippen LogP contribution in [0.1, 0.15) is 39.5 Å². The van der Waals surface area contributed by atoms with Gasteiger partial charge in [-0.25, -0.2) is 9.59 Å². The van der Waals surface area contributed by atoms with E-state index in [0.717, 1.165) is 25.7 Å². The molecule has 104 valence electrons. The summed E-state index contributed by atoms with van der Waals surface area (Å²) in [6.45, 7) is 10.4. The van der Waals surface area contributed by atoms with Crippen molar-refractivity contribution in [3.05, 3.63) is 24.3 Å². The fourth-order valence-corrected chi connectivity index (χ4v) is 2.70. The molecule has 0 aromatic carbocycles. The summed E-state index contributed by atoms with van der Waals surface area (Å²) in [6.07, 6.45) is 3.17. The first-order valence-electron chi connectivity index (χ1n) is 6.62. The lowest BCUT2D eigenvalue weighted by Crippen LogP contribution is -2.41. The minimum Gasteiger partial charge on any atom is -0.455 e. The monoisotopic (exact) mass is 264 g/mol. The van der Waals surface area contributed by atoms with E-state index in [4.69, 9.17) is 9.47 Å². The third kappa shape index (κ3) is 2.57. The molecule has 4 nitrogen and oxygen atoms in total. The SMILES string of the molecule is C=C(C)C(=O)OC1CCCC2CC21OC(=O)C(=C)C. The largest absolute Gasteiger partial charge is 0.455 e. The predicted molar refractivity (Wildman–Crippen MR) is 70.3 cm³/mol. The first-order valence-corrected chi connectivity index (χ1v) is 6.62. The minimum atomic E-state index is -0.612. The van der Waals surface area contributed by atoms with Crippen LogP contribution < -0.4 is 0 Å². The van der Waals surface area contributed by atoms with Crippen molar-refractivity contribution in [2.24, 2.45) is 5.92 Å². The van der Waals surface area contributed by atoms with Gasteiger partial charge >= 0.3 is 11.9 Å². The molecule has 2 rings (SSSR count). The Morgan fingerprint density at radius 2 is 1.74 bits per heavy atom. The van der Waals surface area contributed by atoms with Crippen molar-refractivity contribution in [3.8, 4) is 0 Å². The van der Waals surface area contributed by atoms with Crippen molar-refractivity contribution in [2.45, 2.75) is 51.2 Å². The smallest absolute Gasteiger partial charge is 0.333 e. The quantitative estimate of drug-likeness (QED) is 0.578. The number of rotatable bonds is 4. The van der Waals surface area contributed by atoms with E-state index in [1.807, 2.05) is 0 Å². The summed E-state index contributed by atoms with van der Waals surface area (Å²) in [5.74, 6) is -0.503. The first-order chi connectivity index (χ1) is 8.86. The lowest BCUT2D eigenvalue weighted by Gasteiger charge is -2.31. The molecule has 0 N–H and O–H groups in total. The van der Waals surface area contributed by atoms with Crippen LogP contribution in [0.25, 0.3) is 0 Å². The van der Waals surface area contributed by atoms with Crippen LogP contribution in [0.4, 0.5) is 0 Å². The summed E-state index contributed by atoms with van der Waals surface area (Å²) >= 11 is 0. The number of hydrogen-bond acceptors (Lipinski definition) is 4. The van der Waals surface area contributed by atoms with Gasteiger partial charge in [0.05, 0.1) is 0 Å². The Balaban J connectivity index is 2.09. The molecule has 0 bridgehead atoms. The fraction of sp³-hybridized carbons (Fsp3) is 0.600. The van der Waals surface area contributed by atoms with E-state index in [1.165, 1.54) is 0 Å². The molecule has 0 aromatic rings. The third-order valence-corrected chi connectivity index (χ3v) is 3.89. The zero-order valence-corrected chi connectivity index (χ0v) is 11.5. The number of hydrogen-bond donors (Lipinski definition) is 0. The number of ether oxygens (including phenoxy) is 2. The molecule has 2 fully saturated rings. The van der Waals surface area contributed by atoms with Crippen molar-refractivity contribution < 1.29 is 19.1 Å². The second-order valence-corrected chi connectivity index (χ2v) is 5.63. The van der Waals surface area contributed by atoms with Gasteiger partial charge in [0.15, 0.2) is 5.60 Å². The summed E-state index contributed by atoms with van der Waals surface area (Å²) < 4.78 is 11.0. The molecule has 0 spiro atoms. The van der Waals surface area contributed by atoms with Gasteiger partial charge in [-0.3, -0.25) is 0 Å². The molecular weight excluding hydrogens is 244 g/mol. The van der Waals surface area contributed by atoms with E-state index >= 15 is 0 Å². The second kappa shape index (κ2) is 4.83. The van der Waals surface area contributed by atoms with E-state index in [2.05, 4.69) is 13.2 Å². The van der Waals surface area contributed by atoms with E-state index in [0.29, 0.717) is 17.1 Å². The van der Waals surface area contributed by atoms with Gasteiger partial charge in [0, 0.05) is 17.1 Å². The van der Waals surface area contributed by atoms with Crippen LogP contribution in [0.2, 0.25) is 0 Å². The van der Waals surface area contributed by atoms with E-state index in [1.54, 1.807) is 13.8 Å². The standard InChI is InChI=1S/C15H20O4/c1-9(2)13(16)18-12-7-5-6-11-8-15(11,12)19-14(17)10(3)4/h11-12H,1,3,5-8H2,2,4H3. The minimum absolute atomic E-state index is 0.312. The molecule has 2 aliphatic carbocycles. The molecule has 0 aromatic heterocycles. The highest BCUT2D eigenvalue weighted by Crippen LogP contribution is 2.57. The van der Waals surface area contributed by atoms with Crippen LogP contribution in [-0.4, -0.2) is 23.6 Å². The Bertz CT molecular complexity index is 451. The molecule has 0 amide bonds. The zero-order valence-electron chi connectivity index (χ0n) is 11.5. The molecule has 4 heteroatoms. The van der Waals surface area contributed by atoms with Crippen molar-refractivity contribution in [1.82, 2.24) is 0 Å². The Kier molecular flexibility index (Phi) is 3.52. The van der Waals surface area contributed by atoms with Gasteiger partial charge in [0.1, 0.15) is 6.10 Å². The molecule has 2 aliphatic rings. The maximum atomic E-state index is 11.7. The van der Waals surface area contributed by atoms with Crippen molar-refractivity contribution in [1.29, 1.82) is 0 Å². The van der Waals surface area contributed by atoms with Crippen LogP contribution in [-0.2, 0) is 19.1 Å². The summed E-state index contributed by atoms with van der Waals surface area (Å²) in [7, 11) is 0. The van der Waals surface area contributed by atoms with Gasteiger partial charge in [0.2, 0.25) is 0 Å². The third-order valence-electron chi connectivity index (χ3n) is 3.89. The Labute approximate surface area is 113 Å². The highest BCUT2D eigenvalue weighted by atomic mass is 16.6. The molecule has 0 saturated heterocycles. The van der Waals surface area contributed by atoms with Crippen LogP contribution in [0.5, 0.6) is 0 Å². The van der Waals surface area contributed by atoms with Gasteiger partial charge in [-0.2, -0.15) is 0 Å². The molecule has 3 atom stereocenters. The number of esters is 2. The van der Waals surface area contributed by atoms with Crippen molar-refractivity contribution in [3.63, 3.8) is 0 Å². The first kappa shape index (κ1) is 13.8. The highest BCUT2D eigenvalue weighted by Gasteiger charge is 2.65. The second-order valence-electron chi connectivity index (χ2n) is 5.63. The van der Waals surface area contributed by atoms with Gasteiger partial charge in [0.25, 0.3) is 0 Å². The molecule has 19 heavy (non-hydrogen) atoms. The number of carbonyl (C=O) groups is 2. The summed E-state index contributed by atoms with van der Waals surface area (Å²) in [4.78, 5) is 23.4. The maximum Gasteiger partial charge on any atom is 0.333 e. The van der Waals surface area contributed by atoms with Gasteiger partial charge in [-0.05, 0) is 39.5 Å². The van der Waals surface area contributed by atoms with Crippen molar-refractivity contribution in [2.75, 3.05) is 0 Å². The van der Waals surface area contributed by atoms with Crippen LogP contribution in [0.3, 0.4) is 0 Å². The molecule has 0 heterocycles. The zero-order chi connectivity index (χ0) is 14.2. The lowest BCUT2D eigenvalue weighted by molar-refractivity contribution is -0.171. The molecular formula is C15H20O4. The van der Waals surface area contributed by atoms with E-state index in [9.17, 15) is 9.59 Å². The molecule has 0 radical (unpaired) electrons. The van der Waals surface area contributed by atoms with Crippen LogP contribution in [0, 0.1) is 5.92 Å². The normalized spacial score (nSPS) is 31.9. The Morgan fingerprint density at radius 1 is 1.11 bits per heavy atom. The van der Waals surface area contributed by atoms with Crippen LogP contribution in [0.15, 0.2) is 24.3 Å². The summed E-state index contributed by atoms with van der Waals surface area (Å²) in [5, 5.41) is 0. The summed E-state index contributed by atoms with van der Waals surface area (Å²) in [6, 6.07) is 0. The van der Waals surface area contributed by atoms with Crippen LogP contribution >= 0.6 is 0 Å². The molecule has 0 aliphatic heterocycles. The fourth-order valence-electron chi connectivity index (χ4n) is 2.70. The predicted octanol–water partition coefficient (Wildman–Crippen LogP) is 2.54. The van der Waals surface area contributed by atoms with Crippen molar-refractivity contribution >= 4 is 11.9 Å². The van der Waals surface area contributed by atoms with E-state index in [-0.39, 0.29) is 6.10 Å². The summed E-state index contributed by atoms with van der Waals surface area (Å²) in [5.41, 5.74) is 0.124. The Hall–Kier alpha value is -1.58. The lowest BCUT2D eigenvalue weighted by atomic mass is 9.94. The van der Waals surface area contributed by atoms with E-state index < -0.39 is 17.5 Å². The molecule has 3 unspecified atom stereocenters.